The monoisotopic (exact) mass is 555 g/mol. The Morgan fingerprint density at radius 2 is 1.73 bits per heavy atom. The lowest BCUT2D eigenvalue weighted by atomic mass is 10.0. The Morgan fingerprint density at radius 1 is 1.11 bits per heavy atom. The van der Waals surface area contributed by atoms with Crippen LogP contribution in [0.15, 0.2) is 53.3 Å². The number of rotatable bonds is 5. The topological polar surface area (TPSA) is 70.5 Å². The summed E-state index contributed by atoms with van der Waals surface area (Å²) in [5.41, 5.74) is 1.05. The minimum Gasteiger partial charge on any atom is -0.348 e. The van der Waals surface area contributed by atoms with Crippen molar-refractivity contribution >= 4 is 35.9 Å². The van der Waals surface area contributed by atoms with E-state index in [0.717, 1.165) is 12.1 Å². The number of carbonyl (C=O) groups is 1. The van der Waals surface area contributed by atoms with Gasteiger partial charge in [-0.05, 0) is 48.9 Å². The zero-order chi connectivity index (χ0) is 26.2. The van der Waals surface area contributed by atoms with Crippen LogP contribution in [0.25, 0.3) is 0 Å². The normalized spacial score (nSPS) is 13.9. The van der Waals surface area contributed by atoms with E-state index in [2.05, 4.69) is 10.3 Å². The molecule has 0 spiro atoms. The van der Waals surface area contributed by atoms with Gasteiger partial charge in [0, 0.05) is 37.6 Å². The second kappa shape index (κ2) is 11.0. The van der Waals surface area contributed by atoms with Gasteiger partial charge in [0.1, 0.15) is 0 Å². The summed E-state index contributed by atoms with van der Waals surface area (Å²) in [6.45, 7) is 2.28. The first-order chi connectivity index (χ1) is 17.0. The molecule has 4 rings (SSSR count). The first-order valence-corrected chi connectivity index (χ1v) is 11.6. The molecule has 1 aliphatic rings. The van der Waals surface area contributed by atoms with Crippen LogP contribution in [0.1, 0.15) is 45.7 Å². The minimum absolute atomic E-state index is 0. The molecule has 1 aromatic heterocycles. The molecule has 0 radical (unpaired) electrons. The maximum absolute atomic E-state index is 13.5. The van der Waals surface area contributed by atoms with Crippen LogP contribution in [0.4, 0.5) is 19.1 Å². The largest absolute Gasteiger partial charge is 0.416 e. The number of hydrogen-bond donors (Lipinski definition) is 1. The van der Waals surface area contributed by atoms with Crippen LogP contribution >= 0.6 is 24.0 Å². The maximum atomic E-state index is 13.5. The summed E-state index contributed by atoms with van der Waals surface area (Å²) in [4.78, 5) is 32.7. The molecular formula is C25H26Cl2F3N5O2. The maximum Gasteiger partial charge on any atom is 0.416 e. The Hall–Kier alpha value is -3.24. The molecule has 12 heteroatoms. The van der Waals surface area contributed by atoms with E-state index in [1.165, 1.54) is 16.8 Å². The summed E-state index contributed by atoms with van der Waals surface area (Å²) in [6.07, 6.45) is -4.02. The standard InChI is InChI=1S/C25H25ClF3N5O2.ClH/c1-15(16-4-8-18(9-5-16)25(27,28)29)30-24-31-21-12-13-33(14-20(21)23(36)34(24)32(2)3)22(35)17-6-10-19(26)11-7-17;/h4-11,15H,12-14H2,1-3H3,(H,30,31);1H/t15-;/m0./s1. The van der Waals surface area contributed by atoms with Gasteiger partial charge < -0.3 is 15.2 Å². The summed E-state index contributed by atoms with van der Waals surface area (Å²) in [5, 5.41) is 5.25. The lowest BCUT2D eigenvalue weighted by Gasteiger charge is -2.31. The molecule has 1 aliphatic heterocycles. The number of benzene rings is 2. The quantitative estimate of drug-likeness (QED) is 0.484. The molecular weight excluding hydrogens is 530 g/mol. The average Bonchev–Trinajstić information content (AvgIpc) is 2.83. The van der Waals surface area contributed by atoms with Gasteiger partial charge in [-0.1, -0.05) is 23.7 Å². The van der Waals surface area contributed by atoms with E-state index in [4.69, 9.17) is 11.6 Å². The third-order valence-electron chi connectivity index (χ3n) is 6.07. The molecule has 0 saturated heterocycles. The predicted octanol–water partition coefficient (Wildman–Crippen LogP) is 4.91. The highest BCUT2D eigenvalue weighted by Crippen LogP contribution is 2.30. The van der Waals surface area contributed by atoms with Gasteiger partial charge in [-0.25, -0.2) is 4.98 Å². The Balaban J connectivity index is 0.00000380. The van der Waals surface area contributed by atoms with Gasteiger partial charge in [0.05, 0.1) is 29.4 Å². The molecule has 7 nitrogen and oxygen atoms in total. The van der Waals surface area contributed by atoms with Gasteiger partial charge in [0.2, 0.25) is 5.95 Å². The third kappa shape index (κ3) is 6.02. The highest BCUT2D eigenvalue weighted by Gasteiger charge is 2.31. The smallest absolute Gasteiger partial charge is 0.348 e. The van der Waals surface area contributed by atoms with Crippen molar-refractivity contribution < 1.29 is 18.0 Å². The SMILES string of the molecule is C[C@H](Nc1nc2c(c(=O)n1N(C)C)CN(C(=O)c1ccc(Cl)cc1)CC2)c1ccc(C(F)(F)F)cc1.Cl. The van der Waals surface area contributed by atoms with Crippen LogP contribution in [0, 0.1) is 0 Å². The Kier molecular flexibility index (Phi) is 8.44. The fourth-order valence-corrected chi connectivity index (χ4v) is 4.24. The second-order valence-electron chi connectivity index (χ2n) is 8.79. The lowest BCUT2D eigenvalue weighted by molar-refractivity contribution is -0.137. The second-order valence-corrected chi connectivity index (χ2v) is 9.23. The van der Waals surface area contributed by atoms with Crippen LogP contribution in [-0.2, 0) is 19.1 Å². The zero-order valence-electron chi connectivity index (χ0n) is 20.3. The molecule has 2 aromatic carbocycles. The molecule has 0 aliphatic carbocycles. The lowest BCUT2D eigenvalue weighted by Crippen LogP contribution is -2.45. The Morgan fingerprint density at radius 3 is 2.30 bits per heavy atom. The fraction of sp³-hybridized carbons (Fsp3) is 0.320. The molecule has 1 N–H and O–H groups in total. The number of nitrogens with zero attached hydrogens (tertiary/aromatic N) is 4. The molecule has 3 aromatic rings. The summed E-state index contributed by atoms with van der Waals surface area (Å²) in [7, 11) is 3.37. The van der Waals surface area contributed by atoms with E-state index < -0.39 is 17.8 Å². The van der Waals surface area contributed by atoms with Crippen molar-refractivity contribution in [3.8, 4) is 0 Å². The average molecular weight is 556 g/mol. The third-order valence-corrected chi connectivity index (χ3v) is 6.32. The summed E-state index contributed by atoms with van der Waals surface area (Å²) in [6, 6.07) is 11.0. The number of halogens is 5. The number of aromatic nitrogens is 2. The predicted molar refractivity (Wildman–Crippen MR) is 139 cm³/mol. The van der Waals surface area contributed by atoms with E-state index in [-0.39, 0.29) is 36.4 Å². The molecule has 198 valence electrons. The van der Waals surface area contributed by atoms with Crippen molar-refractivity contribution in [3.05, 3.63) is 91.9 Å². The number of alkyl halides is 3. The van der Waals surface area contributed by atoms with Crippen LogP contribution in [0.3, 0.4) is 0 Å². The van der Waals surface area contributed by atoms with E-state index in [1.54, 1.807) is 55.2 Å². The Bertz CT molecular complexity index is 1330. The molecule has 0 saturated carbocycles. The van der Waals surface area contributed by atoms with Crippen LogP contribution < -0.4 is 15.9 Å². The molecule has 1 amide bonds. The summed E-state index contributed by atoms with van der Waals surface area (Å²) >= 11 is 5.92. The van der Waals surface area contributed by atoms with E-state index in [1.807, 2.05) is 0 Å². The Labute approximate surface area is 223 Å². The highest BCUT2D eigenvalue weighted by molar-refractivity contribution is 6.30. The number of amides is 1. The van der Waals surface area contributed by atoms with Gasteiger partial charge in [-0.15, -0.1) is 12.4 Å². The van der Waals surface area contributed by atoms with Gasteiger partial charge in [-0.3, -0.25) is 9.59 Å². The molecule has 37 heavy (non-hydrogen) atoms. The van der Waals surface area contributed by atoms with Crippen molar-refractivity contribution in [2.24, 2.45) is 0 Å². The number of hydrogen-bond acceptors (Lipinski definition) is 5. The first-order valence-electron chi connectivity index (χ1n) is 11.3. The summed E-state index contributed by atoms with van der Waals surface area (Å²) < 4.78 is 40.1. The number of nitrogens with one attached hydrogen (secondary N) is 1. The molecule has 0 fully saturated rings. The van der Waals surface area contributed by atoms with Crippen LogP contribution in [0.2, 0.25) is 5.02 Å². The van der Waals surface area contributed by atoms with Crippen LogP contribution in [-0.4, -0.2) is 41.1 Å². The number of fused-ring (bicyclic) bond motifs is 1. The molecule has 0 unspecified atom stereocenters. The van der Waals surface area contributed by atoms with Crippen molar-refractivity contribution in [1.29, 1.82) is 0 Å². The fourth-order valence-electron chi connectivity index (χ4n) is 4.12. The number of anilines is 1. The van der Waals surface area contributed by atoms with Crippen molar-refractivity contribution in [2.45, 2.75) is 32.1 Å². The van der Waals surface area contributed by atoms with Crippen molar-refractivity contribution in [2.75, 3.05) is 31.0 Å². The molecule has 2 heterocycles. The number of carbonyl (C=O) groups excluding carboxylic acids is 1. The highest BCUT2D eigenvalue weighted by atomic mass is 35.5. The zero-order valence-corrected chi connectivity index (χ0v) is 21.9. The summed E-state index contributed by atoms with van der Waals surface area (Å²) in [5.74, 6) is 0.0693. The van der Waals surface area contributed by atoms with Gasteiger partial charge in [0.25, 0.3) is 11.5 Å². The molecule has 1 atom stereocenters. The minimum atomic E-state index is -4.41. The van der Waals surface area contributed by atoms with Gasteiger partial charge in [0.15, 0.2) is 0 Å². The van der Waals surface area contributed by atoms with E-state index in [0.29, 0.717) is 40.4 Å². The van der Waals surface area contributed by atoms with Gasteiger partial charge >= 0.3 is 6.18 Å². The van der Waals surface area contributed by atoms with Crippen LogP contribution in [0.5, 0.6) is 0 Å². The van der Waals surface area contributed by atoms with Gasteiger partial charge in [-0.2, -0.15) is 17.8 Å². The first kappa shape index (κ1) is 28.3. The van der Waals surface area contributed by atoms with Crippen molar-refractivity contribution in [3.63, 3.8) is 0 Å². The van der Waals surface area contributed by atoms with Crippen molar-refractivity contribution in [1.82, 2.24) is 14.6 Å². The molecule has 0 bridgehead atoms. The van der Waals surface area contributed by atoms with E-state index >= 15 is 0 Å². The van der Waals surface area contributed by atoms with E-state index in [9.17, 15) is 22.8 Å².